The summed E-state index contributed by atoms with van der Waals surface area (Å²) < 4.78 is 0. The van der Waals surface area contributed by atoms with Crippen molar-refractivity contribution in [3.05, 3.63) is 0 Å². The van der Waals surface area contributed by atoms with E-state index in [1.807, 2.05) is 6.92 Å². The minimum Gasteiger partial charge on any atom is -0.480 e. The maximum absolute atomic E-state index is 13.2. The number of carboxylic acid groups (broad SMARTS) is 1. The lowest BCUT2D eigenvalue weighted by Gasteiger charge is -2.27. The number of rotatable bonds is 20. The molecule has 0 aromatic rings. The molecule has 0 saturated carbocycles. The number of carbonyl (C=O) groups is 5. The SMILES string of the molecule is CCC(C)C(NC(=O)C(CCCCN)NC(=O)C(CCCCN)NC(=O)C(C)NC(=O)C(N)CS)C(=O)O. The predicted molar refractivity (Wildman–Crippen MR) is 148 cm³/mol. The molecular weight excluding hydrogens is 514 g/mol. The van der Waals surface area contributed by atoms with Gasteiger partial charge in [0.1, 0.15) is 24.2 Å². The Kier molecular flexibility index (Phi) is 18.4. The van der Waals surface area contributed by atoms with Crippen molar-refractivity contribution in [2.75, 3.05) is 18.8 Å². The third-order valence-electron chi connectivity index (χ3n) is 6.22. The first-order valence-electron chi connectivity index (χ1n) is 13.1. The van der Waals surface area contributed by atoms with E-state index in [1.165, 1.54) is 6.92 Å². The van der Waals surface area contributed by atoms with Gasteiger partial charge < -0.3 is 43.6 Å². The number of aliphatic carboxylic acids is 1. The Balaban J connectivity index is 5.63. The van der Waals surface area contributed by atoms with E-state index in [0.29, 0.717) is 45.2 Å². The van der Waals surface area contributed by atoms with E-state index in [9.17, 15) is 29.1 Å². The van der Waals surface area contributed by atoms with Crippen LogP contribution in [-0.4, -0.2) is 83.8 Å². The summed E-state index contributed by atoms with van der Waals surface area (Å²) in [6.45, 7) is 5.78. The highest BCUT2D eigenvalue weighted by Gasteiger charge is 2.32. The molecule has 0 bridgehead atoms. The van der Waals surface area contributed by atoms with Crippen LogP contribution in [0.3, 0.4) is 0 Å². The molecule has 13 nitrogen and oxygen atoms in total. The van der Waals surface area contributed by atoms with Gasteiger partial charge in [0.15, 0.2) is 0 Å². The van der Waals surface area contributed by atoms with E-state index in [0.717, 1.165) is 0 Å². The number of nitrogens with two attached hydrogens (primary N) is 3. The quantitative estimate of drug-likeness (QED) is 0.0627. The standard InChI is InChI=1S/C24H47N7O6S/c1-4-14(2)19(24(36)37)31-23(35)18(10-6-8-12-26)30-22(34)17(9-5-7-11-25)29-20(32)15(3)28-21(33)16(27)13-38/h14-19,38H,4-13,25-27H2,1-3H3,(H,28,33)(H,29,32)(H,30,34)(H,31,35)(H,36,37). The molecule has 0 fully saturated rings. The molecule has 0 aliphatic rings. The second-order valence-corrected chi connectivity index (χ2v) is 9.79. The fourth-order valence-corrected chi connectivity index (χ4v) is 3.66. The summed E-state index contributed by atoms with van der Waals surface area (Å²) in [5, 5.41) is 19.9. The summed E-state index contributed by atoms with van der Waals surface area (Å²) in [4.78, 5) is 62.7. The van der Waals surface area contributed by atoms with E-state index in [4.69, 9.17) is 17.2 Å². The summed E-state index contributed by atoms with van der Waals surface area (Å²) in [7, 11) is 0. The second-order valence-electron chi connectivity index (χ2n) is 9.42. The van der Waals surface area contributed by atoms with Gasteiger partial charge in [-0.05, 0) is 64.5 Å². The summed E-state index contributed by atoms with van der Waals surface area (Å²) in [5.41, 5.74) is 16.8. The molecule has 0 spiro atoms. The Bertz CT molecular complexity index is 773. The highest BCUT2D eigenvalue weighted by molar-refractivity contribution is 7.80. The van der Waals surface area contributed by atoms with Crippen molar-refractivity contribution in [3.63, 3.8) is 0 Å². The van der Waals surface area contributed by atoms with Gasteiger partial charge in [0.25, 0.3) is 0 Å². The van der Waals surface area contributed by atoms with Gasteiger partial charge in [-0.25, -0.2) is 4.79 Å². The van der Waals surface area contributed by atoms with Crippen LogP contribution in [0.2, 0.25) is 0 Å². The predicted octanol–water partition coefficient (Wildman–Crippen LogP) is -1.41. The molecule has 6 unspecified atom stereocenters. The Morgan fingerprint density at radius 1 is 0.763 bits per heavy atom. The van der Waals surface area contributed by atoms with E-state index in [1.54, 1.807) is 6.92 Å². The van der Waals surface area contributed by atoms with Crippen LogP contribution in [0, 0.1) is 5.92 Å². The second kappa shape index (κ2) is 19.6. The molecule has 0 heterocycles. The summed E-state index contributed by atoms with van der Waals surface area (Å²) >= 11 is 3.96. The van der Waals surface area contributed by atoms with Gasteiger partial charge in [-0.3, -0.25) is 19.2 Å². The van der Waals surface area contributed by atoms with Crippen molar-refractivity contribution in [1.29, 1.82) is 0 Å². The Labute approximate surface area is 230 Å². The molecule has 0 aliphatic heterocycles. The van der Waals surface area contributed by atoms with Crippen LogP contribution in [0.4, 0.5) is 0 Å². The van der Waals surface area contributed by atoms with Gasteiger partial charge in [0.05, 0.1) is 6.04 Å². The monoisotopic (exact) mass is 561 g/mol. The fourth-order valence-electron chi connectivity index (χ4n) is 3.50. The van der Waals surface area contributed by atoms with E-state index in [2.05, 4.69) is 33.9 Å². The van der Waals surface area contributed by atoms with E-state index < -0.39 is 59.8 Å². The van der Waals surface area contributed by atoms with Crippen LogP contribution in [0.15, 0.2) is 0 Å². The molecule has 0 aromatic heterocycles. The molecule has 220 valence electrons. The van der Waals surface area contributed by atoms with E-state index in [-0.39, 0.29) is 24.5 Å². The topological polar surface area (TPSA) is 232 Å². The number of hydrogen-bond donors (Lipinski definition) is 9. The number of amides is 4. The molecule has 11 N–H and O–H groups in total. The fraction of sp³-hybridized carbons (Fsp3) is 0.792. The molecule has 0 aromatic carbocycles. The number of nitrogens with one attached hydrogen (secondary N) is 4. The van der Waals surface area contributed by atoms with Crippen molar-refractivity contribution >= 4 is 42.2 Å². The summed E-state index contributed by atoms with van der Waals surface area (Å²) in [5.74, 6) is -3.80. The lowest BCUT2D eigenvalue weighted by atomic mass is 9.98. The van der Waals surface area contributed by atoms with Gasteiger partial charge in [0, 0.05) is 5.75 Å². The van der Waals surface area contributed by atoms with Crippen LogP contribution in [-0.2, 0) is 24.0 Å². The number of thiol groups is 1. The normalized spacial score (nSPS) is 15.8. The van der Waals surface area contributed by atoms with Gasteiger partial charge in [0.2, 0.25) is 23.6 Å². The van der Waals surface area contributed by atoms with Crippen LogP contribution >= 0.6 is 12.6 Å². The third-order valence-corrected chi connectivity index (χ3v) is 6.62. The molecule has 0 aliphatic carbocycles. The number of hydrogen-bond acceptors (Lipinski definition) is 9. The smallest absolute Gasteiger partial charge is 0.326 e. The number of unbranched alkanes of at least 4 members (excludes halogenated alkanes) is 2. The van der Waals surface area contributed by atoms with Crippen LogP contribution in [0.5, 0.6) is 0 Å². The van der Waals surface area contributed by atoms with Gasteiger partial charge in [-0.1, -0.05) is 20.3 Å². The van der Waals surface area contributed by atoms with Crippen molar-refractivity contribution in [2.24, 2.45) is 23.1 Å². The van der Waals surface area contributed by atoms with Crippen molar-refractivity contribution in [3.8, 4) is 0 Å². The Morgan fingerprint density at radius 3 is 1.66 bits per heavy atom. The van der Waals surface area contributed by atoms with Crippen LogP contribution in [0.1, 0.15) is 65.7 Å². The minimum absolute atomic E-state index is 0.0949. The lowest BCUT2D eigenvalue weighted by molar-refractivity contribution is -0.144. The Morgan fingerprint density at radius 2 is 1.24 bits per heavy atom. The molecule has 14 heteroatoms. The summed E-state index contributed by atoms with van der Waals surface area (Å²) in [6.07, 6.45) is 3.28. The highest BCUT2D eigenvalue weighted by atomic mass is 32.1. The zero-order valence-electron chi connectivity index (χ0n) is 22.7. The average molecular weight is 562 g/mol. The average Bonchev–Trinajstić information content (AvgIpc) is 2.88. The van der Waals surface area contributed by atoms with Gasteiger partial charge in [-0.2, -0.15) is 12.6 Å². The number of carbonyl (C=O) groups excluding carboxylic acids is 4. The van der Waals surface area contributed by atoms with Gasteiger partial charge in [-0.15, -0.1) is 0 Å². The molecule has 0 rings (SSSR count). The molecule has 4 amide bonds. The molecular formula is C24H47N7O6S. The Hall–Kier alpha value is -2.42. The van der Waals surface area contributed by atoms with Gasteiger partial charge >= 0.3 is 5.97 Å². The lowest BCUT2D eigenvalue weighted by Crippen LogP contribution is -2.58. The minimum atomic E-state index is -1.17. The van der Waals surface area contributed by atoms with Crippen molar-refractivity contribution in [1.82, 2.24) is 21.3 Å². The van der Waals surface area contributed by atoms with Crippen LogP contribution in [0.25, 0.3) is 0 Å². The summed E-state index contributed by atoms with van der Waals surface area (Å²) in [6, 6.07) is -5.03. The molecule has 6 atom stereocenters. The van der Waals surface area contributed by atoms with Crippen molar-refractivity contribution < 1.29 is 29.1 Å². The highest BCUT2D eigenvalue weighted by Crippen LogP contribution is 2.10. The first kappa shape index (κ1) is 35.6. The zero-order chi connectivity index (χ0) is 29.3. The van der Waals surface area contributed by atoms with E-state index >= 15 is 0 Å². The first-order valence-corrected chi connectivity index (χ1v) is 13.8. The molecule has 0 saturated heterocycles. The first-order chi connectivity index (χ1) is 17.9. The maximum Gasteiger partial charge on any atom is 0.326 e. The maximum atomic E-state index is 13.2. The van der Waals surface area contributed by atoms with Crippen molar-refractivity contribution in [2.45, 2.75) is 95.9 Å². The molecule has 38 heavy (non-hydrogen) atoms. The number of carboxylic acids is 1. The van der Waals surface area contributed by atoms with Crippen LogP contribution < -0.4 is 38.5 Å². The largest absolute Gasteiger partial charge is 0.480 e. The molecule has 0 radical (unpaired) electrons. The third kappa shape index (κ3) is 13.4. The zero-order valence-corrected chi connectivity index (χ0v) is 23.6.